The zero-order valence-electron chi connectivity index (χ0n) is 11.7. The van der Waals surface area contributed by atoms with Gasteiger partial charge in [0, 0.05) is 36.8 Å². The molecule has 1 aromatic carbocycles. The van der Waals surface area contributed by atoms with Gasteiger partial charge in [-0.05, 0) is 44.2 Å². The quantitative estimate of drug-likeness (QED) is 0.912. The van der Waals surface area contributed by atoms with Crippen molar-refractivity contribution in [3.05, 3.63) is 41.6 Å². The number of nitrogens with one attached hydrogen (secondary N) is 1. The molecule has 1 unspecified atom stereocenters. The minimum atomic E-state index is 0.657. The highest BCUT2D eigenvalue weighted by atomic mass is 15.2. The minimum absolute atomic E-state index is 0.657. The fourth-order valence-electron chi connectivity index (χ4n) is 2.85. The van der Waals surface area contributed by atoms with Crippen LogP contribution in [0.2, 0.25) is 0 Å². The van der Waals surface area contributed by atoms with Gasteiger partial charge in [0.05, 0.1) is 5.52 Å². The summed E-state index contributed by atoms with van der Waals surface area (Å²) in [6.45, 7) is 5.42. The number of likely N-dealkylation sites (N-methyl/N-ethyl adjacent to an activating group) is 1. The van der Waals surface area contributed by atoms with Gasteiger partial charge in [-0.15, -0.1) is 0 Å². The van der Waals surface area contributed by atoms with Crippen molar-refractivity contribution in [2.24, 2.45) is 0 Å². The second kappa shape index (κ2) is 5.27. The molecule has 19 heavy (non-hydrogen) atoms. The van der Waals surface area contributed by atoms with Gasteiger partial charge in [0.2, 0.25) is 0 Å². The van der Waals surface area contributed by atoms with Gasteiger partial charge in [0.1, 0.15) is 0 Å². The molecule has 3 rings (SSSR count). The van der Waals surface area contributed by atoms with Gasteiger partial charge in [0.15, 0.2) is 0 Å². The first-order chi connectivity index (χ1) is 9.24. The number of pyridine rings is 1. The van der Waals surface area contributed by atoms with Gasteiger partial charge in [-0.3, -0.25) is 9.88 Å². The Hall–Kier alpha value is -1.45. The molecule has 1 N–H and O–H groups in total. The van der Waals surface area contributed by atoms with Crippen LogP contribution in [-0.2, 0) is 6.54 Å². The third kappa shape index (κ3) is 2.77. The molecule has 2 heterocycles. The molecule has 1 aromatic heterocycles. The van der Waals surface area contributed by atoms with Crippen LogP contribution in [-0.4, -0.2) is 36.1 Å². The smallest absolute Gasteiger partial charge is 0.0705 e. The van der Waals surface area contributed by atoms with Crippen LogP contribution in [0.15, 0.2) is 30.3 Å². The fourth-order valence-corrected chi connectivity index (χ4v) is 2.85. The Balaban J connectivity index is 1.77. The summed E-state index contributed by atoms with van der Waals surface area (Å²) in [6, 6.07) is 11.5. The molecular formula is C16H21N3. The maximum atomic E-state index is 4.55. The number of likely N-dealkylation sites (tertiary alicyclic amines) is 1. The van der Waals surface area contributed by atoms with Crippen LogP contribution in [0.4, 0.5) is 0 Å². The van der Waals surface area contributed by atoms with Crippen molar-refractivity contribution in [1.29, 1.82) is 0 Å². The first-order valence-electron chi connectivity index (χ1n) is 7.00. The molecule has 0 radical (unpaired) electrons. The molecule has 2 aromatic rings. The highest BCUT2D eigenvalue weighted by Gasteiger charge is 2.20. The number of hydrogen-bond acceptors (Lipinski definition) is 3. The lowest BCUT2D eigenvalue weighted by atomic mass is 10.1. The lowest BCUT2D eigenvalue weighted by molar-refractivity contribution is 0.322. The summed E-state index contributed by atoms with van der Waals surface area (Å²) < 4.78 is 0. The monoisotopic (exact) mass is 255 g/mol. The lowest BCUT2D eigenvalue weighted by Crippen LogP contribution is -2.29. The summed E-state index contributed by atoms with van der Waals surface area (Å²) in [4.78, 5) is 7.07. The van der Waals surface area contributed by atoms with Gasteiger partial charge in [-0.25, -0.2) is 0 Å². The Morgan fingerprint density at radius 2 is 2.21 bits per heavy atom. The molecule has 3 heteroatoms. The van der Waals surface area contributed by atoms with E-state index in [9.17, 15) is 0 Å². The molecule has 1 fully saturated rings. The summed E-state index contributed by atoms with van der Waals surface area (Å²) >= 11 is 0. The normalized spacial score (nSPS) is 20.2. The molecule has 1 aliphatic heterocycles. The predicted octanol–water partition coefficient (Wildman–Crippen LogP) is 2.34. The van der Waals surface area contributed by atoms with E-state index < -0.39 is 0 Å². The second-order valence-corrected chi connectivity index (χ2v) is 5.49. The average molecular weight is 255 g/mol. The molecule has 1 saturated heterocycles. The van der Waals surface area contributed by atoms with E-state index in [0.717, 1.165) is 24.3 Å². The van der Waals surface area contributed by atoms with Crippen LogP contribution in [0.1, 0.15) is 17.7 Å². The third-order valence-electron chi connectivity index (χ3n) is 3.98. The topological polar surface area (TPSA) is 28.2 Å². The van der Waals surface area contributed by atoms with Gasteiger partial charge in [-0.1, -0.05) is 12.1 Å². The molecule has 0 saturated carbocycles. The predicted molar refractivity (Wildman–Crippen MR) is 79.2 cm³/mol. The number of fused-ring (bicyclic) bond motifs is 1. The molecule has 0 amide bonds. The molecule has 0 aliphatic carbocycles. The SMILES string of the molecule is CNC1CCN(Cc2ccc3nc(C)ccc3c2)C1. The van der Waals surface area contributed by atoms with E-state index in [0.29, 0.717) is 6.04 Å². The summed E-state index contributed by atoms with van der Waals surface area (Å²) in [7, 11) is 2.05. The van der Waals surface area contributed by atoms with Crippen LogP contribution >= 0.6 is 0 Å². The lowest BCUT2D eigenvalue weighted by Gasteiger charge is -2.16. The zero-order chi connectivity index (χ0) is 13.2. The van der Waals surface area contributed by atoms with Crippen molar-refractivity contribution in [2.45, 2.75) is 25.9 Å². The van der Waals surface area contributed by atoms with Crippen LogP contribution in [0, 0.1) is 6.92 Å². The zero-order valence-corrected chi connectivity index (χ0v) is 11.7. The van der Waals surface area contributed by atoms with Crippen molar-refractivity contribution in [3.63, 3.8) is 0 Å². The van der Waals surface area contributed by atoms with Crippen molar-refractivity contribution in [3.8, 4) is 0 Å². The van der Waals surface area contributed by atoms with E-state index >= 15 is 0 Å². The van der Waals surface area contributed by atoms with Crippen LogP contribution in [0.25, 0.3) is 10.9 Å². The highest BCUT2D eigenvalue weighted by Crippen LogP contribution is 2.18. The number of hydrogen-bond donors (Lipinski definition) is 1. The van der Waals surface area contributed by atoms with Crippen LogP contribution in [0.5, 0.6) is 0 Å². The van der Waals surface area contributed by atoms with Crippen LogP contribution < -0.4 is 5.32 Å². The molecule has 1 atom stereocenters. The first kappa shape index (κ1) is 12.6. The summed E-state index contributed by atoms with van der Waals surface area (Å²) in [5.74, 6) is 0. The molecule has 3 nitrogen and oxygen atoms in total. The Morgan fingerprint density at radius 3 is 3.00 bits per heavy atom. The molecular weight excluding hydrogens is 234 g/mol. The summed E-state index contributed by atoms with van der Waals surface area (Å²) in [5.41, 5.74) is 3.56. The Bertz CT molecular complexity index is 579. The van der Waals surface area contributed by atoms with Gasteiger partial charge in [0.25, 0.3) is 0 Å². The van der Waals surface area contributed by atoms with Crippen molar-refractivity contribution >= 4 is 10.9 Å². The van der Waals surface area contributed by atoms with Gasteiger partial charge >= 0.3 is 0 Å². The van der Waals surface area contributed by atoms with E-state index in [-0.39, 0.29) is 0 Å². The molecule has 0 bridgehead atoms. The summed E-state index contributed by atoms with van der Waals surface area (Å²) in [5, 5.41) is 4.61. The maximum Gasteiger partial charge on any atom is 0.0705 e. The second-order valence-electron chi connectivity index (χ2n) is 5.49. The van der Waals surface area contributed by atoms with Gasteiger partial charge < -0.3 is 5.32 Å². The molecule has 0 spiro atoms. The summed E-state index contributed by atoms with van der Waals surface area (Å²) in [6.07, 6.45) is 1.25. The maximum absolute atomic E-state index is 4.55. The van der Waals surface area contributed by atoms with Crippen molar-refractivity contribution in [2.75, 3.05) is 20.1 Å². The number of aryl methyl sites for hydroxylation is 1. The number of aromatic nitrogens is 1. The Morgan fingerprint density at radius 1 is 1.32 bits per heavy atom. The average Bonchev–Trinajstić information content (AvgIpc) is 2.86. The van der Waals surface area contributed by atoms with E-state index in [1.807, 2.05) is 6.92 Å². The van der Waals surface area contributed by atoms with E-state index in [1.54, 1.807) is 0 Å². The largest absolute Gasteiger partial charge is 0.316 e. The van der Waals surface area contributed by atoms with Gasteiger partial charge in [-0.2, -0.15) is 0 Å². The molecule has 100 valence electrons. The number of rotatable bonds is 3. The highest BCUT2D eigenvalue weighted by molar-refractivity contribution is 5.79. The van der Waals surface area contributed by atoms with E-state index in [2.05, 4.69) is 52.6 Å². The van der Waals surface area contributed by atoms with E-state index in [1.165, 1.54) is 23.9 Å². The van der Waals surface area contributed by atoms with Crippen LogP contribution in [0.3, 0.4) is 0 Å². The first-order valence-corrected chi connectivity index (χ1v) is 7.00. The molecule has 1 aliphatic rings. The number of nitrogens with zero attached hydrogens (tertiary/aromatic N) is 2. The standard InChI is InChI=1S/C16H21N3/c1-12-3-5-14-9-13(4-6-16(14)18-12)10-19-8-7-15(11-19)17-2/h3-6,9,15,17H,7-8,10-11H2,1-2H3. The number of benzene rings is 1. The Labute approximate surface area is 114 Å². The Kier molecular flexibility index (Phi) is 3.49. The van der Waals surface area contributed by atoms with E-state index in [4.69, 9.17) is 0 Å². The third-order valence-corrected chi connectivity index (χ3v) is 3.98. The minimum Gasteiger partial charge on any atom is -0.316 e. The fraction of sp³-hybridized carbons (Fsp3) is 0.438. The van der Waals surface area contributed by atoms with Crippen molar-refractivity contribution in [1.82, 2.24) is 15.2 Å². The van der Waals surface area contributed by atoms with Crippen molar-refractivity contribution < 1.29 is 0 Å².